The molecule has 0 heterocycles. The Labute approximate surface area is 158 Å². The quantitative estimate of drug-likeness (QED) is 0.694. The normalized spacial score (nSPS) is 10.3. The van der Waals surface area contributed by atoms with E-state index >= 15 is 0 Å². The van der Waals surface area contributed by atoms with E-state index in [4.69, 9.17) is 16.3 Å². The van der Waals surface area contributed by atoms with E-state index in [0.717, 1.165) is 16.7 Å². The van der Waals surface area contributed by atoms with Gasteiger partial charge in [-0.3, -0.25) is 9.59 Å². The van der Waals surface area contributed by atoms with E-state index in [9.17, 15) is 9.59 Å². The molecule has 0 fully saturated rings. The van der Waals surface area contributed by atoms with Crippen LogP contribution in [0.15, 0.2) is 42.5 Å². The van der Waals surface area contributed by atoms with E-state index in [0.29, 0.717) is 10.8 Å². The van der Waals surface area contributed by atoms with Crippen LogP contribution in [0.3, 0.4) is 0 Å². The summed E-state index contributed by atoms with van der Waals surface area (Å²) in [6.45, 7) is 3.95. The summed E-state index contributed by atoms with van der Waals surface area (Å²) in [7, 11) is 1.29. The number of carbonyl (C=O) groups excluding carboxylic acids is 2. The fraction of sp³-hybridized carbons (Fsp3) is 0.300. The molecule has 2 aromatic rings. The summed E-state index contributed by atoms with van der Waals surface area (Å²) in [5.41, 5.74) is 3.10. The number of carbonyl (C=O) groups is 2. The first-order valence-electron chi connectivity index (χ1n) is 8.18. The first kappa shape index (κ1) is 19.8. The topological polar surface area (TPSA) is 55.8 Å². The van der Waals surface area contributed by atoms with Gasteiger partial charge in [0.1, 0.15) is 12.3 Å². The lowest BCUT2D eigenvalue weighted by atomic mass is 10.1. The van der Waals surface area contributed by atoms with Crippen molar-refractivity contribution in [3.05, 3.63) is 64.2 Å². The second kappa shape index (κ2) is 9.25. The number of halogens is 1. The van der Waals surface area contributed by atoms with Crippen molar-refractivity contribution < 1.29 is 19.1 Å². The molecule has 0 aliphatic rings. The largest absolute Gasteiger partial charge is 0.484 e. The van der Waals surface area contributed by atoms with Crippen molar-refractivity contribution in [3.63, 3.8) is 0 Å². The smallest absolute Gasteiger partial charge is 0.325 e. The number of nitrogens with zero attached hydrogens (tertiary/aromatic N) is 1. The molecule has 0 bridgehead atoms. The zero-order chi connectivity index (χ0) is 19.1. The molecule has 5 nitrogen and oxygen atoms in total. The summed E-state index contributed by atoms with van der Waals surface area (Å²) >= 11 is 5.88. The van der Waals surface area contributed by atoms with Crippen LogP contribution in [-0.4, -0.2) is 37.0 Å². The lowest BCUT2D eigenvalue weighted by Gasteiger charge is -2.22. The highest BCUT2D eigenvalue weighted by molar-refractivity contribution is 6.30. The Kier molecular flexibility index (Phi) is 7.04. The van der Waals surface area contributed by atoms with Gasteiger partial charge in [-0.25, -0.2) is 0 Å². The van der Waals surface area contributed by atoms with Gasteiger partial charge in [0.25, 0.3) is 5.91 Å². The van der Waals surface area contributed by atoms with Crippen molar-refractivity contribution in [2.45, 2.75) is 20.4 Å². The molecule has 6 heteroatoms. The fourth-order valence-corrected chi connectivity index (χ4v) is 2.43. The second-order valence-corrected chi connectivity index (χ2v) is 6.42. The number of rotatable bonds is 7. The van der Waals surface area contributed by atoms with Crippen LogP contribution in [0.4, 0.5) is 0 Å². The summed E-state index contributed by atoms with van der Waals surface area (Å²) < 4.78 is 10.3. The van der Waals surface area contributed by atoms with E-state index in [1.165, 1.54) is 12.0 Å². The van der Waals surface area contributed by atoms with Gasteiger partial charge in [0.2, 0.25) is 0 Å². The number of amides is 1. The van der Waals surface area contributed by atoms with Crippen LogP contribution in [-0.2, 0) is 20.9 Å². The van der Waals surface area contributed by atoms with Crippen molar-refractivity contribution in [2.75, 3.05) is 20.3 Å². The molecule has 0 atom stereocenters. The molecule has 0 spiro atoms. The van der Waals surface area contributed by atoms with Crippen LogP contribution in [0, 0.1) is 13.8 Å². The number of hydrogen-bond donors (Lipinski definition) is 0. The highest BCUT2D eigenvalue weighted by Crippen LogP contribution is 2.17. The average molecular weight is 376 g/mol. The van der Waals surface area contributed by atoms with E-state index in [-0.39, 0.29) is 25.6 Å². The molecule has 0 radical (unpaired) electrons. The van der Waals surface area contributed by atoms with Gasteiger partial charge in [0, 0.05) is 11.6 Å². The third-order valence-electron chi connectivity index (χ3n) is 4.03. The molecule has 0 aromatic heterocycles. The maximum absolute atomic E-state index is 12.6. The summed E-state index contributed by atoms with van der Waals surface area (Å²) in [5.74, 6) is -0.173. The van der Waals surface area contributed by atoms with E-state index in [1.54, 1.807) is 12.1 Å². The molecule has 26 heavy (non-hydrogen) atoms. The average Bonchev–Trinajstić information content (AvgIpc) is 2.63. The minimum Gasteiger partial charge on any atom is -0.484 e. The molecule has 2 aromatic carbocycles. The predicted octanol–water partition coefficient (Wildman–Crippen LogP) is 3.54. The van der Waals surface area contributed by atoms with Crippen LogP contribution in [0.2, 0.25) is 5.02 Å². The number of benzene rings is 2. The van der Waals surface area contributed by atoms with Gasteiger partial charge in [0.15, 0.2) is 6.61 Å². The standard InChI is InChI=1S/C20H22ClNO4/c1-14-4-9-18(10-15(14)2)26-13-19(23)22(12-20(24)25-3)11-16-5-7-17(21)8-6-16/h4-10H,11-13H2,1-3H3. The van der Waals surface area contributed by atoms with Gasteiger partial charge in [-0.15, -0.1) is 0 Å². The third-order valence-corrected chi connectivity index (χ3v) is 4.28. The zero-order valence-corrected chi connectivity index (χ0v) is 15.9. The van der Waals surface area contributed by atoms with Gasteiger partial charge in [-0.1, -0.05) is 29.8 Å². The van der Waals surface area contributed by atoms with Crippen molar-refractivity contribution >= 4 is 23.5 Å². The number of esters is 1. The highest BCUT2D eigenvalue weighted by Gasteiger charge is 2.19. The van der Waals surface area contributed by atoms with E-state index < -0.39 is 5.97 Å². The zero-order valence-electron chi connectivity index (χ0n) is 15.1. The fourth-order valence-electron chi connectivity index (χ4n) is 2.30. The monoisotopic (exact) mass is 375 g/mol. The molecule has 0 saturated carbocycles. The number of aryl methyl sites for hydroxylation is 2. The van der Waals surface area contributed by atoms with Gasteiger partial charge < -0.3 is 14.4 Å². The van der Waals surface area contributed by atoms with Gasteiger partial charge >= 0.3 is 5.97 Å². The minimum absolute atomic E-state index is 0.145. The molecule has 0 aliphatic carbocycles. The first-order valence-corrected chi connectivity index (χ1v) is 8.56. The van der Waals surface area contributed by atoms with Gasteiger partial charge in [0.05, 0.1) is 7.11 Å². The number of hydrogen-bond acceptors (Lipinski definition) is 4. The Hall–Kier alpha value is -2.53. The molecule has 0 saturated heterocycles. The van der Waals surface area contributed by atoms with Crippen LogP contribution < -0.4 is 4.74 Å². The van der Waals surface area contributed by atoms with E-state index in [2.05, 4.69) is 4.74 Å². The lowest BCUT2D eigenvalue weighted by molar-refractivity contribution is -0.148. The molecule has 0 unspecified atom stereocenters. The molecular weight excluding hydrogens is 354 g/mol. The summed E-state index contributed by atoms with van der Waals surface area (Å²) in [6, 6.07) is 12.7. The first-order chi connectivity index (χ1) is 12.4. The van der Waals surface area contributed by atoms with Crippen LogP contribution in [0.5, 0.6) is 5.75 Å². The molecular formula is C20H22ClNO4. The van der Waals surface area contributed by atoms with Crippen molar-refractivity contribution in [1.29, 1.82) is 0 Å². The second-order valence-electron chi connectivity index (χ2n) is 5.99. The molecule has 0 N–H and O–H groups in total. The maximum Gasteiger partial charge on any atom is 0.325 e. The Balaban J connectivity index is 2.05. The summed E-state index contributed by atoms with van der Waals surface area (Å²) in [6.07, 6.45) is 0. The highest BCUT2D eigenvalue weighted by atomic mass is 35.5. The van der Waals surface area contributed by atoms with Crippen LogP contribution in [0.25, 0.3) is 0 Å². The molecule has 1 amide bonds. The molecule has 0 aliphatic heterocycles. The predicted molar refractivity (Wildman–Crippen MR) is 100 cm³/mol. The van der Waals surface area contributed by atoms with Gasteiger partial charge in [-0.2, -0.15) is 0 Å². The molecule has 2 rings (SSSR count). The SMILES string of the molecule is COC(=O)CN(Cc1ccc(Cl)cc1)C(=O)COc1ccc(C)c(C)c1. The summed E-state index contributed by atoms with van der Waals surface area (Å²) in [5, 5.41) is 0.609. The van der Waals surface area contributed by atoms with E-state index in [1.807, 2.05) is 44.2 Å². The van der Waals surface area contributed by atoms with Crippen molar-refractivity contribution in [2.24, 2.45) is 0 Å². The summed E-state index contributed by atoms with van der Waals surface area (Å²) in [4.78, 5) is 25.6. The minimum atomic E-state index is -0.488. The Morgan fingerprint density at radius 3 is 2.35 bits per heavy atom. The van der Waals surface area contributed by atoms with Crippen molar-refractivity contribution in [1.82, 2.24) is 4.90 Å². The third kappa shape index (κ3) is 5.77. The Morgan fingerprint density at radius 2 is 1.73 bits per heavy atom. The van der Waals surface area contributed by atoms with Crippen molar-refractivity contribution in [3.8, 4) is 5.75 Å². The van der Waals surface area contributed by atoms with Crippen LogP contribution >= 0.6 is 11.6 Å². The number of methoxy groups -OCH3 is 1. The maximum atomic E-state index is 12.6. The lowest BCUT2D eigenvalue weighted by Crippen LogP contribution is -2.38. The Bertz CT molecular complexity index is 774. The number of ether oxygens (including phenoxy) is 2. The van der Waals surface area contributed by atoms with Crippen LogP contribution in [0.1, 0.15) is 16.7 Å². The molecule has 138 valence electrons. The van der Waals surface area contributed by atoms with Gasteiger partial charge in [-0.05, 0) is 54.8 Å². The Morgan fingerprint density at radius 1 is 1.04 bits per heavy atom.